The number of carbonyl (C=O) groups is 1. The molecule has 1 aliphatic rings. The fourth-order valence-corrected chi connectivity index (χ4v) is 4.76. The van der Waals surface area contributed by atoms with Crippen molar-refractivity contribution in [2.45, 2.75) is 24.9 Å². The molecule has 192 valence electrons. The average molecular weight is 510 g/mol. The summed E-state index contributed by atoms with van der Waals surface area (Å²) >= 11 is 0. The highest BCUT2D eigenvalue weighted by Crippen LogP contribution is 2.44. The molecule has 0 radical (unpaired) electrons. The minimum atomic E-state index is -0.957. The van der Waals surface area contributed by atoms with Crippen LogP contribution in [-0.2, 0) is 6.54 Å². The third kappa shape index (κ3) is 4.56. The summed E-state index contributed by atoms with van der Waals surface area (Å²) in [6.07, 6.45) is 4.11. The first kappa shape index (κ1) is 23.7. The van der Waals surface area contributed by atoms with Crippen LogP contribution in [0.2, 0.25) is 0 Å². The second kappa shape index (κ2) is 9.63. The lowest BCUT2D eigenvalue weighted by molar-refractivity contribution is 0.0878. The predicted octanol–water partition coefficient (Wildman–Crippen LogP) is 6.61. The Labute approximate surface area is 219 Å². The highest BCUT2D eigenvalue weighted by molar-refractivity contribution is 5.88. The number of methoxy groups -OCH3 is 1. The number of H-pyrrole nitrogens is 1. The van der Waals surface area contributed by atoms with E-state index in [1.54, 1.807) is 13.3 Å². The molecule has 38 heavy (non-hydrogen) atoms. The van der Waals surface area contributed by atoms with Crippen LogP contribution in [0.1, 0.15) is 18.4 Å². The Morgan fingerprint density at radius 1 is 1.03 bits per heavy atom. The van der Waals surface area contributed by atoms with Crippen LogP contribution in [0.15, 0.2) is 85.2 Å². The van der Waals surface area contributed by atoms with Gasteiger partial charge >= 0.3 is 6.09 Å². The van der Waals surface area contributed by atoms with E-state index in [0.29, 0.717) is 35.1 Å². The molecule has 0 unspecified atom stereocenters. The van der Waals surface area contributed by atoms with Gasteiger partial charge in [-0.3, -0.25) is 9.88 Å². The molecule has 1 saturated carbocycles. The number of hydrogen-bond acceptors (Lipinski definition) is 5. The zero-order chi connectivity index (χ0) is 26.1. The number of pyridine rings is 1. The van der Waals surface area contributed by atoms with Crippen molar-refractivity contribution in [3.05, 3.63) is 90.8 Å². The molecule has 0 atom stereocenters. The van der Waals surface area contributed by atoms with E-state index in [-0.39, 0.29) is 6.61 Å². The van der Waals surface area contributed by atoms with Crippen molar-refractivity contribution >= 4 is 27.9 Å². The molecule has 1 aliphatic carbocycles. The topological polar surface area (TPSA) is 96.9 Å². The van der Waals surface area contributed by atoms with Crippen molar-refractivity contribution in [1.82, 2.24) is 14.9 Å². The minimum absolute atomic E-state index is 0.223. The monoisotopic (exact) mass is 509 g/mol. The number of nitrogens with one attached hydrogen (secondary N) is 1. The van der Waals surface area contributed by atoms with Gasteiger partial charge < -0.3 is 24.3 Å². The maximum absolute atomic E-state index is 12.2. The summed E-state index contributed by atoms with van der Waals surface area (Å²) in [4.78, 5) is 21.3. The van der Waals surface area contributed by atoms with Gasteiger partial charge in [0.15, 0.2) is 11.5 Å². The van der Waals surface area contributed by atoms with Gasteiger partial charge in [-0.2, -0.15) is 0 Å². The van der Waals surface area contributed by atoms with E-state index in [9.17, 15) is 9.90 Å². The minimum Gasteiger partial charge on any atom is -0.493 e. The lowest BCUT2D eigenvalue weighted by atomic mass is 10.1. The highest BCUT2D eigenvalue weighted by Gasteiger charge is 2.51. The van der Waals surface area contributed by atoms with E-state index < -0.39 is 11.6 Å². The maximum atomic E-state index is 12.2. The third-order valence-corrected chi connectivity index (χ3v) is 7.05. The molecule has 2 N–H and O–H groups in total. The molecule has 1 amide bonds. The Morgan fingerprint density at radius 3 is 2.63 bits per heavy atom. The summed E-state index contributed by atoms with van der Waals surface area (Å²) in [5.41, 5.74) is 2.10. The number of aromatic nitrogens is 2. The molecule has 1 fully saturated rings. The van der Waals surface area contributed by atoms with Crippen LogP contribution in [0.25, 0.3) is 21.8 Å². The van der Waals surface area contributed by atoms with Crippen LogP contribution >= 0.6 is 0 Å². The Bertz CT molecular complexity index is 1610. The summed E-state index contributed by atoms with van der Waals surface area (Å²) in [5, 5.41) is 11.8. The van der Waals surface area contributed by atoms with Crippen molar-refractivity contribution in [3.63, 3.8) is 0 Å². The number of nitrogens with zero attached hydrogens (tertiary/aromatic N) is 2. The van der Waals surface area contributed by atoms with E-state index in [4.69, 9.17) is 14.2 Å². The number of carboxylic acid groups (broad SMARTS) is 1. The van der Waals surface area contributed by atoms with Gasteiger partial charge in [-0.05, 0) is 54.8 Å². The fraction of sp³-hybridized carbons (Fsp3) is 0.200. The fourth-order valence-electron chi connectivity index (χ4n) is 4.76. The van der Waals surface area contributed by atoms with Crippen LogP contribution < -0.4 is 14.2 Å². The van der Waals surface area contributed by atoms with Crippen molar-refractivity contribution in [1.29, 1.82) is 0 Å². The van der Waals surface area contributed by atoms with E-state index in [2.05, 4.69) is 9.97 Å². The van der Waals surface area contributed by atoms with Crippen LogP contribution in [0.3, 0.4) is 0 Å². The third-order valence-electron chi connectivity index (χ3n) is 7.05. The number of ether oxygens (including phenoxy) is 3. The summed E-state index contributed by atoms with van der Waals surface area (Å²) in [5.74, 6) is 2.40. The number of hydrogen-bond donors (Lipinski definition) is 2. The maximum Gasteiger partial charge on any atom is 0.408 e. The number of benzene rings is 3. The van der Waals surface area contributed by atoms with Gasteiger partial charge in [0.05, 0.1) is 18.2 Å². The van der Waals surface area contributed by atoms with E-state index in [0.717, 1.165) is 34.7 Å². The molecule has 0 bridgehead atoms. The average Bonchev–Trinajstić information content (AvgIpc) is 3.57. The van der Waals surface area contributed by atoms with Crippen LogP contribution in [0.4, 0.5) is 4.79 Å². The quantitative estimate of drug-likeness (QED) is 0.232. The van der Waals surface area contributed by atoms with Crippen molar-refractivity contribution in [2.75, 3.05) is 13.7 Å². The Balaban J connectivity index is 1.25. The molecular formula is C30H27N3O5. The largest absolute Gasteiger partial charge is 0.493 e. The van der Waals surface area contributed by atoms with Crippen molar-refractivity contribution in [2.24, 2.45) is 0 Å². The predicted molar refractivity (Wildman–Crippen MR) is 144 cm³/mol. The van der Waals surface area contributed by atoms with Gasteiger partial charge in [0, 0.05) is 41.3 Å². The second-order valence-electron chi connectivity index (χ2n) is 9.53. The molecule has 0 saturated heterocycles. The normalized spacial score (nSPS) is 13.8. The molecule has 6 rings (SSSR count). The van der Waals surface area contributed by atoms with Gasteiger partial charge in [0.25, 0.3) is 0 Å². The molecule has 8 heteroatoms. The van der Waals surface area contributed by atoms with E-state index in [1.807, 2.05) is 79.0 Å². The van der Waals surface area contributed by atoms with E-state index in [1.165, 1.54) is 4.90 Å². The summed E-state index contributed by atoms with van der Waals surface area (Å²) < 4.78 is 18.1. The molecule has 5 aromatic rings. The van der Waals surface area contributed by atoms with Crippen LogP contribution in [-0.4, -0.2) is 45.3 Å². The van der Waals surface area contributed by atoms with Gasteiger partial charge in [-0.1, -0.05) is 30.3 Å². The zero-order valence-corrected chi connectivity index (χ0v) is 20.9. The second-order valence-corrected chi connectivity index (χ2v) is 9.53. The van der Waals surface area contributed by atoms with Gasteiger partial charge in [-0.15, -0.1) is 0 Å². The Kier molecular flexibility index (Phi) is 5.99. The first-order valence-electron chi connectivity index (χ1n) is 12.4. The zero-order valence-electron chi connectivity index (χ0n) is 20.9. The van der Waals surface area contributed by atoms with Gasteiger partial charge in [0.1, 0.15) is 18.1 Å². The molecule has 2 heterocycles. The van der Waals surface area contributed by atoms with E-state index >= 15 is 0 Å². The van der Waals surface area contributed by atoms with Gasteiger partial charge in [0.2, 0.25) is 0 Å². The highest BCUT2D eigenvalue weighted by atomic mass is 16.5. The van der Waals surface area contributed by atoms with Crippen molar-refractivity contribution < 1.29 is 24.1 Å². The summed E-state index contributed by atoms with van der Waals surface area (Å²) in [6.45, 7) is 0.534. The lowest BCUT2D eigenvalue weighted by Crippen LogP contribution is -2.44. The summed E-state index contributed by atoms with van der Waals surface area (Å²) in [6, 6.07) is 23.0. The number of aromatic amines is 1. The molecule has 3 aromatic carbocycles. The molecule has 8 nitrogen and oxygen atoms in total. The smallest absolute Gasteiger partial charge is 0.408 e. The SMILES string of the molecule is COc1cc2c(Oc3ccc4[nH]ccc4c3)ccnc2cc1OCC1(N(Cc2ccccc2)C(=O)O)CC1. The summed E-state index contributed by atoms with van der Waals surface area (Å²) in [7, 11) is 1.58. The van der Waals surface area contributed by atoms with Gasteiger partial charge in [-0.25, -0.2) is 4.79 Å². The standard InChI is InChI=1S/C30H27N3O5/c1-36-27-16-23-25(32-14-10-26(23)38-22-7-8-24-21(15-22)9-13-31-24)17-28(27)37-19-30(11-12-30)33(29(34)35)18-20-5-3-2-4-6-20/h2-10,13-17,31H,11-12,18-19H2,1H3,(H,34,35). The molecule has 0 aliphatic heterocycles. The first-order chi connectivity index (χ1) is 18.5. The first-order valence-corrected chi connectivity index (χ1v) is 12.4. The molecule has 2 aromatic heterocycles. The number of rotatable bonds is 9. The Hall–Kier alpha value is -4.72. The number of fused-ring (bicyclic) bond motifs is 2. The Morgan fingerprint density at radius 2 is 1.87 bits per heavy atom. The lowest BCUT2D eigenvalue weighted by Gasteiger charge is -2.30. The van der Waals surface area contributed by atoms with Crippen LogP contribution in [0, 0.1) is 0 Å². The molecular weight excluding hydrogens is 482 g/mol. The number of amides is 1. The molecule has 0 spiro atoms. The van der Waals surface area contributed by atoms with Crippen LogP contribution in [0.5, 0.6) is 23.0 Å². The van der Waals surface area contributed by atoms with Crippen molar-refractivity contribution in [3.8, 4) is 23.0 Å².